The first-order valence-corrected chi connectivity index (χ1v) is 6.69. The van der Waals surface area contributed by atoms with Crippen LogP contribution in [0.3, 0.4) is 0 Å². The van der Waals surface area contributed by atoms with Gasteiger partial charge in [-0.05, 0) is 18.3 Å². The van der Waals surface area contributed by atoms with Gasteiger partial charge in [-0.15, -0.1) is 0 Å². The van der Waals surface area contributed by atoms with Gasteiger partial charge in [-0.1, -0.05) is 66.7 Å². The largest absolute Gasteiger partial charge is 0.396 e. The van der Waals surface area contributed by atoms with Crippen LogP contribution in [0.5, 0.6) is 0 Å². The molecule has 1 unspecified atom stereocenters. The second-order valence-electron chi connectivity index (χ2n) is 4.94. The molecule has 0 aliphatic carbocycles. The lowest BCUT2D eigenvalue weighted by Crippen LogP contribution is -1.96. The molecule has 1 N–H and O–H groups in total. The highest BCUT2D eigenvalue weighted by Gasteiger charge is 1.96. The highest BCUT2D eigenvalue weighted by Crippen LogP contribution is 2.07. The average Bonchev–Trinajstić information content (AvgIpc) is 2.16. The lowest BCUT2D eigenvalue weighted by Gasteiger charge is -2.05. The maximum atomic E-state index is 8.46. The zero-order valence-corrected chi connectivity index (χ0v) is 11.6. The summed E-state index contributed by atoms with van der Waals surface area (Å²) in [4.78, 5) is 0. The summed E-state index contributed by atoms with van der Waals surface area (Å²) in [6, 6.07) is 0. The summed E-state index contributed by atoms with van der Waals surface area (Å²) in [7, 11) is 0. The third-order valence-corrected chi connectivity index (χ3v) is 2.54. The molecule has 0 aliphatic heterocycles. The van der Waals surface area contributed by atoms with Gasteiger partial charge in [0, 0.05) is 6.61 Å². The van der Waals surface area contributed by atoms with E-state index in [0.29, 0.717) is 12.5 Å². The zero-order chi connectivity index (χ0) is 12.1. The van der Waals surface area contributed by atoms with Gasteiger partial charge in [-0.2, -0.15) is 0 Å². The molecule has 0 rings (SSSR count). The monoisotopic (exact) mass is 216 g/mol. The molecule has 1 nitrogen and oxygen atoms in total. The number of rotatable bonds is 7. The molecule has 0 aromatic heterocycles. The Balaban J connectivity index is 0. The van der Waals surface area contributed by atoms with Crippen molar-refractivity contribution in [1.82, 2.24) is 0 Å². The van der Waals surface area contributed by atoms with Gasteiger partial charge in [-0.25, -0.2) is 0 Å². The minimum Gasteiger partial charge on any atom is -0.396 e. The van der Waals surface area contributed by atoms with E-state index in [4.69, 9.17) is 5.11 Å². The second kappa shape index (κ2) is 14.0. The fourth-order valence-corrected chi connectivity index (χ4v) is 1.47. The van der Waals surface area contributed by atoms with E-state index < -0.39 is 0 Å². The summed E-state index contributed by atoms with van der Waals surface area (Å²) >= 11 is 0. The van der Waals surface area contributed by atoms with Gasteiger partial charge in [0.25, 0.3) is 0 Å². The highest BCUT2D eigenvalue weighted by molar-refractivity contribution is 4.49. The first-order valence-electron chi connectivity index (χ1n) is 6.69. The lowest BCUT2D eigenvalue weighted by molar-refractivity contribution is 0.258. The van der Waals surface area contributed by atoms with Crippen molar-refractivity contribution >= 4 is 0 Å². The summed E-state index contributed by atoms with van der Waals surface area (Å²) in [6.07, 6.45) is 7.60. The maximum Gasteiger partial charge on any atom is 0.0433 e. The Bertz CT molecular complexity index is 93.5. The number of hydrogen-bond donors (Lipinski definition) is 1. The van der Waals surface area contributed by atoms with Gasteiger partial charge < -0.3 is 5.11 Å². The van der Waals surface area contributed by atoms with Gasteiger partial charge in [0.05, 0.1) is 0 Å². The summed E-state index contributed by atoms with van der Waals surface area (Å²) in [6.45, 7) is 11.5. The molecular weight excluding hydrogens is 184 g/mol. The van der Waals surface area contributed by atoms with Gasteiger partial charge in [0.15, 0.2) is 0 Å². The first kappa shape index (κ1) is 17.4. The molecule has 0 spiro atoms. The first-order chi connectivity index (χ1) is 7.08. The minimum absolute atomic E-state index is 0.348. The molecule has 0 bridgehead atoms. The molecule has 15 heavy (non-hydrogen) atoms. The fourth-order valence-electron chi connectivity index (χ4n) is 1.47. The quantitative estimate of drug-likeness (QED) is 0.657. The van der Waals surface area contributed by atoms with E-state index in [-0.39, 0.29) is 0 Å². The van der Waals surface area contributed by atoms with Crippen LogP contribution >= 0.6 is 0 Å². The van der Waals surface area contributed by atoms with Crippen molar-refractivity contribution in [3.8, 4) is 0 Å². The van der Waals surface area contributed by atoms with Crippen LogP contribution in [0, 0.1) is 11.8 Å². The van der Waals surface area contributed by atoms with Gasteiger partial charge >= 0.3 is 0 Å². The molecule has 0 saturated heterocycles. The van der Waals surface area contributed by atoms with Crippen LogP contribution in [0.1, 0.15) is 73.1 Å². The summed E-state index contributed by atoms with van der Waals surface area (Å²) in [5.74, 6) is 1.62. The summed E-state index contributed by atoms with van der Waals surface area (Å²) in [5.41, 5.74) is 0. The van der Waals surface area contributed by atoms with Crippen molar-refractivity contribution in [1.29, 1.82) is 0 Å². The smallest absolute Gasteiger partial charge is 0.0433 e. The van der Waals surface area contributed by atoms with Gasteiger partial charge in [-0.3, -0.25) is 0 Å². The molecular formula is C14H32O. The minimum atomic E-state index is 0.348. The predicted molar refractivity (Wildman–Crippen MR) is 70.1 cm³/mol. The predicted octanol–water partition coefficient (Wildman–Crippen LogP) is 4.64. The number of aliphatic hydroxyl groups is 1. The molecule has 0 aromatic rings. The SMILES string of the molecule is CCCC(C)CCO.CCCCC(C)C. The van der Waals surface area contributed by atoms with Crippen molar-refractivity contribution in [2.24, 2.45) is 11.8 Å². The average molecular weight is 216 g/mol. The lowest BCUT2D eigenvalue weighted by atomic mass is 10.0. The number of unbranched alkanes of at least 4 members (excludes halogenated alkanes) is 1. The molecule has 1 atom stereocenters. The maximum absolute atomic E-state index is 8.46. The Morgan fingerprint density at radius 2 is 1.47 bits per heavy atom. The zero-order valence-electron chi connectivity index (χ0n) is 11.6. The fraction of sp³-hybridized carbons (Fsp3) is 1.00. The summed E-state index contributed by atoms with van der Waals surface area (Å²) in [5, 5.41) is 8.46. The molecule has 0 aromatic carbocycles. The molecule has 0 amide bonds. The highest BCUT2D eigenvalue weighted by atomic mass is 16.3. The van der Waals surface area contributed by atoms with E-state index in [1.165, 1.54) is 32.1 Å². The standard InChI is InChI=1S/C7H16O.C7H16/c1-3-4-7(2)5-6-8;1-4-5-6-7(2)3/h7-8H,3-6H2,1-2H3;7H,4-6H2,1-3H3. The van der Waals surface area contributed by atoms with Crippen LogP contribution in [0.2, 0.25) is 0 Å². The third kappa shape index (κ3) is 20.1. The van der Waals surface area contributed by atoms with Crippen LogP contribution in [0.4, 0.5) is 0 Å². The van der Waals surface area contributed by atoms with Crippen LogP contribution in [-0.2, 0) is 0 Å². The van der Waals surface area contributed by atoms with Crippen molar-refractivity contribution in [3.05, 3.63) is 0 Å². The van der Waals surface area contributed by atoms with E-state index in [2.05, 4.69) is 34.6 Å². The van der Waals surface area contributed by atoms with Gasteiger partial charge in [0.1, 0.15) is 0 Å². The van der Waals surface area contributed by atoms with Crippen LogP contribution in [0.25, 0.3) is 0 Å². The van der Waals surface area contributed by atoms with Crippen molar-refractivity contribution in [3.63, 3.8) is 0 Å². The molecule has 94 valence electrons. The Kier molecular flexibility index (Phi) is 16.2. The third-order valence-electron chi connectivity index (χ3n) is 2.54. The van der Waals surface area contributed by atoms with E-state index in [0.717, 1.165) is 12.3 Å². The molecule has 0 radical (unpaired) electrons. The van der Waals surface area contributed by atoms with Crippen LogP contribution < -0.4 is 0 Å². The molecule has 1 heteroatoms. The molecule has 0 aliphatic rings. The summed E-state index contributed by atoms with van der Waals surface area (Å²) < 4.78 is 0. The Morgan fingerprint density at radius 1 is 0.867 bits per heavy atom. The van der Waals surface area contributed by atoms with E-state index in [1.807, 2.05) is 0 Å². The van der Waals surface area contributed by atoms with E-state index in [1.54, 1.807) is 0 Å². The molecule has 0 heterocycles. The van der Waals surface area contributed by atoms with Crippen molar-refractivity contribution in [2.45, 2.75) is 73.1 Å². The van der Waals surface area contributed by atoms with Crippen LogP contribution in [0.15, 0.2) is 0 Å². The van der Waals surface area contributed by atoms with Crippen molar-refractivity contribution in [2.75, 3.05) is 6.61 Å². The Labute approximate surface area is 97.3 Å². The number of hydrogen-bond acceptors (Lipinski definition) is 1. The second-order valence-corrected chi connectivity index (χ2v) is 4.94. The number of aliphatic hydroxyl groups excluding tert-OH is 1. The Hall–Kier alpha value is -0.0400. The van der Waals surface area contributed by atoms with E-state index in [9.17, 15) is 0 Å². The topological polar surface area (TPSA) is 20.2 Å². The van der Waals surface area contributed by atoms with Crippen molar-refractivity contribution < 1.29 is 5.11 Å². The molecule has 0 saturated carbocycles. The normalized spacial score (nSPS) is 12.2. The molecule has 0 fully saturated rings. The van der Waals surface area contributed by atoms with Gasteiger partial charge in [0.2, 0.25) is 0 Å². The van der Waals surface area contributed by atoms with Crippen LogP contribution in [-0.4, -0.2) is 11.7 Å². The Morgan fingerprint density at radius 3 is 1.73 bits per heavy atom. The van der Waals surface area contributed by atoms with E-state index >= 15 is 0 Å².